The van der Waals surface area contributed by atoms with Crippen LogP contribution in [0.4, 0.5) is 10.0 Å². The number of rotatable bonds is 14. The Hall–Kier alpha value is -9.26. The molecule has 0 N–H and O–H groups in total. The van der Waals surface area contributed by atoms with Gasteiger partial charge in [0.25, 0.3) is 0 Å². The molecule has 0 spiro atoms. The average Bonchev–Trinajstić information content (AvgIpc) is 1.30. The van der Waals surface area contributed by atoms with E-state index >= 15 is 19.2 Å². The zero-order valence-electron chi connectivity index (χ0n) is 52.5. The standard InChI is InChI=1S/C78H68N2O14S2/c81-67-53-29-47-25-13-14-26-48(47)30-54(53)68(82)65(67)79-63-37-59-71(95-63)57-33-52-36-62-58(34-51(52)35-61(57)93-77(59,73(85)89-39-43-17-5-1-6-18-43)74(86)90-40-44-19-7-2-8-20-44)72-60(38-64(96-72)80-66-69(83)55-31-49-27-15-16-28-50(49)32-56(55)70(66)84)78(94-62,75(87)91-41-45-21-9-3-10-22-45)76(88)92-42-46-23-11-4-12-24-46/h1-12,17-24,33-38,47-56H,13-16,25-32,39-42H2. The number of nitrogens with zero attached hydrogens (tertiary/aromatic N) is 2. The SMILES string of the molecule is O=C1C(=Nc2cc3c(s2)C2=CC4C=C5OC(C(=O)OCc6ccccc6)(C(=O)OCc6ccccc6)c6cc(N=C7C(=O)C8CC9CCCCC9CC8C7=O)sc6C5=CC4C=C2OC3(C(=O)OCc2ccccc2)C(=O)OCc2ccccc2)C(=O)C2CC3CCCCC3CC12. The van der Waals surface area contributed by atoms with Gasteiger partial charge in [0.1, 0.15) is 47.9 Å². The van der Waals surface area contributed by atoms with Crippen LogP contribution < -0.4 is 0 Å². The van der Waals surface area contributed by atoms with Gasteiger partial charge in [-0.25, -0.2) is 29.2 Å². The maximum Gasteiger partial charge on any atom is 0.367 e. The van der Waals surface area contributed by atoms with Crippen LogP contribution in [0.1, 0.15) is 120 Å². The normalized spacial score (nSPS) is 26.8. The molecule has 0 saturated heterocycles. The molecule has 96 heavy (non-hydrogen) atoms. The van der Waals surface area contributed by atoms with E-state index in [9.17, 15) is 19.2 Å². The van der Waals surface area contributed by atoms with Crippen LogP contribution in [0.2, 0.25) is 0 Å². The first-order chi connectivity index (χ1) is 46.8. The van der Waals surface area contributed by atoms with Gasteiger partial charge in [0.05, 0.1) is 0 Å². The van der Waals surface area contributed by atoms with Crippen molar-refractivity contribution < 1.29 is 66.8 Å². The van der Waals surface area contributed by atoms with Gasteiger partial charge in [-0.1, -0.05) is 185 Å². The van der Waals surface area contributed by atoms with Crippen LogP contribution in [0, 0.1) is 59.2 Å². The van der Waals surface area contributed by atoms with Crippen LogP contribution in [-0.4, -0.2) is 58.4 Å². The van der Waals surface area contributed by atoms with Crippen LogP contribution in [-0.2, 0) is 104 Å². The highest BCUT2D eigenvalue weighted by Crippen LogP contribution is 2.59. The molecule has 16 nitrogen and oxygen atoms in total. The van der Waals surface area contributed by atoms with Crippen molar-refractivity contribution in [2.45, 2.75) is 115 Å². The van der Waals surface area contributed by atoms with Crippen molar-refractivity contribution in [1.82, 2.24) is 0 Å². The zero-order chi connectivity index (χ0) is 65.4. The number of carbonyl (C=O) groups is 8. The van der Waals surface area contributed by atoms with E-state index in [1.165, 1.54) is 12.1 Å². The molecule has 2 aliphatic heterocycles. The fourth-order valence-electron chi connectivity index (χ4n) is 16.8. The molecule has 4 heterocycles. The van der Waals surface area contributed by atoms with Gasteiger partial charge in [0.2, 0.25) is 0 Å². The number of ketones is 4. The Bertz CT molecular complexity index is 3950. The van der Waals surface area contributed by atoms with Gasteiger partial charge in [-0.2, -0.15) is 0 Å². The number of ether oxygens (including phenoxy) is 6. The molecule has 10 aliphatic rings. The lowest BCUT2D eigenvalue weighted by Crippen LogP contribution is -2.51. The van der Waals surface area contributed by atoms with Crippen LogP contribution in [0.15, 0.2) is 179 Å². The van der Waals surface area contributed by atoms with Crippen molar-refractivity contribution in [2.24, 2.45) is 69.2 Å². The number of Topliss-reactive ketones (excluding diaryl/α,β-unsaturated/α-hetero) is 4. The number of allylic oxidation sites excluding steroid dienone is 6. The molecule has 4 aromatic carbocycles. The number of thiophene rings is 2. The number of benzene rings is 4. The Morgan fingerprint density at radius 2 is 0.688 bits per heavy atom. The molecule has 2 aromatic heterocycles. The Morgan fingerprint density at radius 1 is 0.406 bits per heavy atom. The fourth-order valence-corrected chi connectivity index (χ4v) is 19.0. The molecule has 0 radical (unpaired) electrons. The van der Waals surface area contributed by atoms with E-state index in [1.807, 2.05) is 36.4 Å². The summed E-state index contributed by atoms with van der Waals surface area (Å²) in [5, 5.41) is 0.346. The van der Waals surface area contributed by atoms with Gasteiger partial charge < -0.3 is 28.4 Å². The number of esters is 4. The summed E-state index contributed by atoms with van der Waals surface area (Å²) in [7, 11) is 0. The smallest absolute Gasteiger partial charge is 0.367 e. The fraction of sp³-hybridized carbons (Fsp3) is 0.359. The van der Waals surface area contributed by atoms with Crippen molar-refractivity contribution in [3.05, 3.63) is 212 Å². The third-order valence-corrected chi connectivity index (χ3v) is 23.8. The second kappa shape index (κ2) is 25.1. The molecule has 10 atom stereocenters. The predicted molar refractivity (Wildman–Crippen MR) is 356 cm³/mol. The van der Waals surface area contributed by atoms with Gasteiger partial charge >= 0.3 is 35.1 Å². The third-order valence-electron chi connectivity index (χ3n) is 21.6. The van der Waals surface area contributed by atoms with Crippen molar-refractivity contribution in [2.75, 3.05) is 0 Å². The lowest BCUT2D eigenvalue weighted by molar-refractivity contribution is -0.191. The first-order valence-electron chi connectivity index (χ1n) is 33.6. The Morgan fingerprint density at radius 3 is 0.969 bits per heavy atom. The molecule has 0 amide bonds. The van der Waals surface area contributed by atoms with Gasteiger partial charge in [-0.3, -0.25) is 19.2 Å². The van der Waals surface area contributed by atoms with Gasteiger partial charge in [0, 0.05) is 67.5 Å². The van der Waals surface area contributed by atoms with Gasteiger partial charge in [-0.15, -0.1) is 22.7 Å². The largest absolute Gasteiger partial charge is 0.459 e. The number of carbonyl (C=O) groups excluding carboxylic acids is 8. The summed E-state index contributed by atoms with van der Waals surface area (Å²) < 4.78 is 38.5. The summed E-state index contributed by atoms with van der Waals surface area (Å²) >= 11 is 2.16. The molecule has 6 saturated carbocycles. The molecule has 0 bridgehead atoms. The van der Waals surface area contributed by atoms with E-state index in [1.54, 1.807) is 109 Å². The second-order valence-corrected chi connectivity index (χ2v) is 29.3. The summed E-state index contributed by atoms with van der Waals surface area (Å²) in [6.07, 6.45) is 18.3. The van der Waals surface area contributed by atoms with Gasteiger partial charge in [0.15, 0.2) is 34.6 Å². The molecule has 10 unspecified atom stereocenters. The molecule has 486 valence electrons. The quantitative estimate of drug-likeness (QED) is 0.0563. The first kappa shape index (κ1) is 61.6. The van der Waals surface area contributed by atoms with Crippen LogP contribution in [0.3, 0.4) is 0 Å². The van der Waals surface area contributed by atoms with Crippen LogP contribution >= 0.6 is 22.7 Å². The number of fused-ring (bicyclic) bond motifs is 11. The van der Waals surface area contributed by atoms with Crippen molar-refractivity contribution in [1.29, 1.82) is 0 Å². The van der Waals surface area contributed by atoms with E-state index in [0.29, 0.717) is 92.5 Å². The average molecular weight is 1320 g/mol. The lowest BCUT2D eigenvalue weighted by atomic mass is 9.64. The van der Waals surface area contributed by atoms with Crippen molar-refractivity contribution in [3.8, 4) is 0 Å². The maximum atomic E-state index is 15.5. The predicted octanol–water partition coefficient (Wildman–Crippen LogP) is 13.8. The minimum absolute atomic E-state index is 0.0234. The summed E-state index contributed by atoms with van der Waals surface area (Å²) in [4.78, 5) is 130. The summed E-state index contributed by atoms with van der Waals surface area (Å²) in [6, 6.07) is 39.0. The van der Waals surface area contributed by atoms with E-state index < -0.39 is 70.6 Å². The molecular formula is C78H68N2O14S2. The van der Waals surface area contributed by atoms with Crippen LogP contribution in [0.25, 0.3) is 11.1 Å². The molecular weight excluding hydrogens is 1250 g/mol. The maximum absolute atomic E-state index is 15.5. The number of aliphatic imine (C=N–C) groups is 2. The molecule has 6 aromatic rings. The minimum atomic E-state index is -2.63. The summed E-state index contributed by atoms with van der Waals surface area (Å²) in [6.45, 7) is -0.970. The lowest BCUT2D eigenvalue weighted by Gasteiger charge is -2.41. The minimum Gasteiger partial charge on any atom is -0.459 e. The highest BCUT2D eigenvalue weighted by atomic mass is 32.1. The van der Waals surface area contributed by atoms with E-state index in [0.717, 1.165) is 74.0 Å². The van der Waals surface area contributed by atoms with Gasteiger partial charge in [-0.05, 0) is 95.9 Å². The number of hydrogen-bond donors (Lipinski definition) is 0. The Balaban J connectivity index is 0.829. The monoisotopic (exact) mass is 1320 g/mol. The highest BCUT2D eigenvalue weighted by molar-refractivity contribution is 7.17. The topological polar surface area (TPSA) is 217 Å². The Labute approximate surface area is 562 Å². The zero-order valence-corrected chi connectivity index (χ0v) is 54.2. The highest BCUT2D eigenvalue weighted by Gasteiger charge is 2.63. The van der Waals surface area contributed by atoms with Crippen molar-refractivity contribution in [3.63, 3.8) is 0 Å². The molecule has 6 fully saturated rings. The second-order valence-electron chi connectivity index (χ2n) is 27.2. The molecule has 8 aliphatic carbocycles. The first-order valence-corrected chi connectivity index (χ1v) is 35.2. The summed E-state index contributed by atoms with van der Waals surface area (Å²) in [5.41, 5.74) is -2.14. The van der Waals surface area contributed by atoms with E-state index in [4.69, 9.17) is 38.4 Å². The third kappa shape index (κ3) is 10.8. The molecule has 16 rings (SSSR count). The Kier molecular flexibility index (Phi) is 16.1. The van der Waals surface area contributed by atoms with E-state index in [2.05, 4.69) is 0 Å². The summed E-state index contributed by atoms with van der Waals surface area (Å²) in [5.74, 6) is -7.07. The van der Waals surface area contributed by atoms with Crippen LogP contribution in [0.5, 0.6) is 0 Å². The molecule has 18 heteroatoms. The van der Waals surface area contributed by atoms with E-state index in [-0.39, 0.29) is 93.6 Å². The van der Waals surface area contributed by atoms with Crippen molar-refractivity contribution >= 4 is 102 Å². The number of hydrogen-bond acceptors (Lipinski definition) is 18.